The average Bonchev–Trinajstić information content (AvgIpc) is 3.39. The maximum atomic E-state index is 6.19. The van der Waals surface area contributed by atoms with E-state index in [2.05, 4.69) is 46.7 Å². The highest BCUT2D eigenvalue weighted by atomic mass is 79.9. The number of aromatic nitrogens is 4. The summed E-state index contributed by atoms with van der Waals surface area (Å²) in [5.74, 6) is 2.62. The number of hydrogen-bond acceptors (Lipinski definition) is 5. The number of nitrogens with zero attached hydrogens (tertiary/aromatic N) is 3. The van der Waals surface area contributed by atoms with Gasteiger partial charge in [-0.05, 0) is 46.8 Å². The van der Waals surface area contributed by atoms with E-state index in [-0.39, 0.29) is 0 Å². The van der Waals surface area contributed by atoms with Gasteiger partial charge in [-0.25, -0.2) is 4.98 Å². The molecule has 4 rings (SSSR count). The van der Waals surface area contributed by atoms with E-state index in [1.54, 1.807) is 6.20 Å². The summed E-state index contributed by atoms with van der Waals surface area (Å²) >= 11 is 9.67. The molecule has 0 bridgehead atoms. The van der Waals surface area contributed by atoms with E-state index >= 15 is 0 Å². The minimum atomic E-state index is 0.556. The fourth-order valence-corrected chi connectivity index (χ4v) is 3.20. The standard InChI is InChI=1S/C18H18BrClN6/c19-13-10-22-18(21-8-7-11-3-1-2-4-14(11)20)24-17(13)23-16-9-15(25-26-16)12-5-6-12/h1-4,9-10,12H,5-8H2,(H3,21,22,23,24,25,26). The van der Waals surface area contributed by atoms with Crippen LogP contribution in [-0.4, -0.2) is 26.7 Å². The van der Waals surface area contributed by atoms with Crippen molar-refractivity contribution in [1.82, 2.24) is 20.2 Å². The van der Waals surface area contributed by atoms with Crippen LogP contribution in [-0.2, 0) is 6.42 Å². The average molecular weight is 434 g/mol. The van der Waals surface area contributed by atoms with Gasteiger partial charge in [-0.3, -0.25) is 5.10 Å². The van der Waals surface area contributed by atoms with Gasteiger partial charge in [-0.2, -0.15) is 10.1 Å². The third kappa shape index (κ3) is 4.16. The molecule has 1 saturated carbocycles. The predicted molar refractivity (Wildman–Crippen MR) is 107 cm³/mol. The molecule has 1 fully saturated rings. The van der Waals surface area contributed by atoms with Gasteiger partial charge in [-0.1, -0.05) is 29.8 Å². The van der Waals surface area contributed by atoms with E-state index in [4.69, 9.17) is 11.6 Å². The molecule has 0 amide bonds. The number of benzene rings is 1. The molecule has 6 nitrogen and oxygen atoms in total. The first-order chi connectivity index (χ1) is 12.7. The maximum absolute atomic E-state index is 6.19. The lowest BCUT2D eigenvalue weighted by molar-refractivity contribution is 0.964. The van der Waals surface area contributed by atoms with Crippen molar-refractivity contribution in [3.63, 3.8) is 0 Å². The van der Waals surface area contributed by atoms with Crippen molar-refractivity contribution in [1.29, 1.82) is 0 Å². The molecule has 2 aromatic heterocycles. The minimum Gasteiger partial charge on any atom is -0.354 e. The van der Waals surface area contributed by atoms with Gasteiger partial charge in [0.25, 0.3) is 0 Å². The zero-order valence-electron chi connectivity index (χ0n) is 14.0. The molecule has 8 heteroatoms. The van der Waals surface area contributed by atoms with Crippen molar-refractivity contribution in [2.45, 2.75) is 25.2 Å². The van der Waals surface area contributed by atoms with E-state index in [1.165, 1.54) is 18.5 Å². The molecule has 1 aliphatic rings. The van der Waals surface area contributed by atoms with Crippen LogP contribution in [0.2, 0.25) is 5.02 Å². The summed E-state index contributed by atoms with van der Waals surface area (Å²) in [4.78, 5) is 8.83. The molecule has 0 atom stereocenters. The first-order valence-electron chi connectivity index (χ1n) is 8.51. The van der Waals surface area contributed by atoms with Crippen LogP contribution in [0, 0.1) is 0 Å². The van der Waals surface area contributed by atoms with E-state index in [1.807, 2.05) is 30.3 Å². The second-order valence-corrected chi connectivity index (χ2v) is 7.53. The van der Waals surface area contributed by atoms with Gasteiger partial charge < -0.3 is 10.6 Å². The Hall–Kier alpha value is -2.12. The van der Waals surface area contributed by atoms with Crippen LogP contribution in [0.25, 0.3) is 0 Å². The Labute approximate surface area is 164 Å². The van der Waals surface area contributed by atoms with Crippen molar-refractivity contribution in [3.05, 3.63) is 57.3 Å². The van der Waals surface area contributed by atoms with Crippen molar-refractivity contribution >= 4 is 45.1 Å². The molecule has 0 unspecified atom stereocenters. The molecule has 26 heavy (non-hydrogen) atoms. The molecule has 0 saturated heterocycles. The number of hydrogen-bond donors (Lipinski definition) is 3. The Bertz CT molecular complexity index is 908. The molecule has 1 aromatic carbocycles. The summed E-state index contributed by atoms with van der Waals surface area (Å²) in [5.41, 5.74) is 2.28. The number of aromatic amines is 1. The molecule has 3 aromatic rings. The summed E-state index contributed by atoms with van der Waals surface area (Å²) in [5, 5.41) is 14.6. The van der Waals surface area contributed by atoms with E-state index in [9.17, 15) is 0 Å². The summed E-state index contributed by atoms with van der Waals surface area (Å²) < 4.78 is 0.783. The smallest absolute Gasteiger partial charge is 0.224 e. The Morgan fingerprint density at radius 2 is 2.12 bits per heavy atom. The second-order valence-electron chi connectivity index (χ2n) is 6.27. The molecule has 0 radical (unpaired) electrons. The highest BCUT2D eigenvalue weighted by molar-refractivity contribution is 9.10. The Kier molecular flexibility index (Phi) is 5.08. The predicted octanol–water partition coefficient (Wildman–Crippen LogP) is 4.89. The van der Waals surface area contributed by atoms with Crippen LogP contribution < -0.4 is 10.6 Å². The molecule has 2 heterocycles. The highest BCUT2D eigenvalue weighted by Gasteiger charge is 2.25. The Morgan fingerprint density at radius 3 is 2.92 bits per heavy atom. The third-order valence-corrected chi connectivity index (χ3v) is 5.19. The summed E-state index contributed by atoms with van der Waals surface area (Å²) in [6, 6.07) is 9.87. The lowest BCUT2D eigenvalue weighted by Gasteiger charge is -2.09. The van der Waals surface area contributed by atoms with Crippen LogP contribution in [0.1, 0.15) is 30.0 Å². The van der Waals surface area contributed by atoms with Gasteiger partial charge in [0, 0.05) is 35.4 Å². The first kappa shape index (κ1) is 17.3. The van der Waals surface area contributed by atoms with Gasteiger partial charge in [0.1, 0.15) is 0 Å². The van der Waals surface area contributed by atoms with Crippen molar-refractivity contribution in [2.75, 3.05) is 17.2 Å². The monoisotopic (exact) mass is 432 g/mol. The summed E-state index contributed by atoms with van der Waals surface area (Å²) in [6.45, 7) is 0.693. The van der Waals surface area contributed by atoms with E-state index in [0.29, 0.717) is 24.2 Å². The van der Waals surface area contributed by atoms with Crippen molar-refractivity contribution in [2.24, 2.45) is 0 Å². The topological polar surface area (TPSA) is 78.5 Å². The van der Waals surface area contributed by atoms with Crippen LogP contribution in [0.15, 0.2) is 41.0 Å². The second kappa shape index (κ2) is 7.63. The van der Waals surface area contributed by atoms with Gasteiger partial charge in [0.15, 0.2) is 11.6 Å². The Balaban J connectivity index is 1.39. The van der Waals surface area contributed by atoms with Crippen molar-refractivity contribution < 1.29 is 0 Å². The number of nitrogens with one attached hydrogen (secondary N) is 3. The molecular formula is C18H18BrClN6. The van der Waals surface area contributed by atoms with Crippen molar-refractivity contribution in [3.8, 4) is 0 Å². The maximum Gasteiger partial charge on any atom is 0.224 e. The zero-order valence-corrected chi connectivity index (χ0v) is 16.3. The molecule has 3 N–H and O–H groups in total. The van der Waals surface area contributed by atoms with Gasteiger partial charge in [0.05, 0.1) is 4.47 Å². The molecule has 0 aliphatic heterocycles. The normalized spacial score (nSPS) is 13.6. The summed E-state index contributed by atoms with van der Waals surface area (Å²) in [7, 11) is 0. The van der Waals surface area contributed by atoms with Crippen LogP contribution in [0.3, 0.4) is 0 Å². The van der Waals surface area contributed by atoms with Gasteiger partial charge in [-0.15, -0.1) is 0 Å². The van der Waals surface area contributed by atoms with Crippen LogP contribution >= 0.6 is 27.5 Å². The highest BCUT2D eigenvalue weighted by Crippen LogP contribution is 2.39. The minimum absolute atomic E-state index is 0.556. The SMILES string of the molecule is Clc1ccccc1CCNc1ncc(Br)c(Nc2cc(C3CC3)[nH]n2)n1. The first-order valence-corrected chi connectivity index (χ1v) is 9.68. The summed E-state index contributed by atoms with van der Waals surface area (Å²) in [6.07, 6.45) is 4.99. The fraction of sp³-hybridized carbons (Fsp3) is 0.278. The lowest BCUT2D eigenvalue weighted by atomic mass is 10.1. The van der Waals surface area contributed by atoms with E-state index < -0.39 is 0 Å². The van der Waals surface area contributed by atoms with Crippen LogP contribution in [0.4, 0.5) is 17.6 Å². The molecular weight excluding hydrogens is 416 g/mol. The van der Waals surface area contributed by atoms with Gasteiger partial charge >= 0.3 is 0 Å². The van der Waals surface area contributed by atoms with Crippen LogP contribution in [0.5, 0.6) is 0 Å². The number of halogens is 2. The molecule has 1 aliphatic carbocycles. The fourth-order valence-electron chi connectivity index (χ4n) is 2.68. The Morgan fingerprint density at radius 1 is 1.27 bits per heavy atom. The largest absolute Gasteiger partial charge is 0.354 e. The quantitative estimate of drug-likeness (QED) is 0.494. The molecule has 134 valence electrons. The zero-order chi connectivity index (χ0) is 17.9. The van der Waals surface area contributed by atoms with Gasteiger partial charge in [0.2, 0.25) is 5.95 Å². The third-order valence-electron chi connectivity index (χ3n) is 4.24. The number of rotatable bonds is 7. The molecule has 0 spiro atoms. The number of H-pyrrole nitrogens is 1. The van der Waals surface area contributed by atoms with E-state index in [0.717, 1.165) is 27.3 Å². The lowest BCUT2D eigenvalue weighted by Crippen LogP contribution is -2.09. The number of anilines is 3.